The van der Waals surface area contributed by atoms with Gasteiger partial charge in [0.25, 0.3) is 0 Å². The Hall–Kier alpha value is -1.90. The zero-order valence-corrected chi connectivity index (χ0v) is 17.8. The van der Waals surface area contributed by atoms with Crippen molar-refractivity contribution in [2.45, 2.75) is 70.6 Å². The average molecular weight is 397 g/mol. The van der Waals surface area contributed by atoms with Crippen molar-refractivity contribution < 1.29 is 13.9 Å². The van der Waals surface area contributed by atoms with Crippen molar-refractivity contribution in [2.24, 2.45) is 17.8 Å². The summed E-state index contributed by atoms with van der Waals surface area (Å²) in [6, 6.07) is 9.04. The maximum Gasteiger partial charge on any atom is 0.337 e. The van der Waals surface area contributed by atoms with Gasteiger partial charge in [0.05, 0.1) is 12.7 Å². The molecule has 0 saturated heterocycles. The molecule has 2 aliphatic rings. The number of benzene rings is 2. The van der Waals surface area contributed by atoms with Gasteiger partial charge >= 0.3 is 5.97 Å². The van der Waals surface area contributed by atoms with Gasteiger partial charge in [-0.3, -0.25) is 0 Å². The molecule has 0 radical (unpaired) electrons. The van der Waals surface area contributed by atoms with E-state index >= 15 is 4.39 Å². The topological polar surface area (TPSA) is 26.3 Å². The van der Waals surface area contributed by atoms with E-state index in [0.717, 1.165) is 41.5 Å². The van der Waals surface area contributed by atoms with Crippen molar-refractivity contribution in [1.82, 2.24) is 0 Å². The van der Waals surface area contributed by atoms with Gasteiger partial charge in [-0.25, -0.2) is 9.18 Å². The fourth-order valence-corrected chi connectivity index (χ4v) is 5.89. The highest BCUT2D eigenvalue weighted by Gasteiger charge is 2.36. The highest BCUT2D eigenvalue weighted by Crippen LogP contribution is 2.49. The Morgan fingerprint density at radius 1 is 1.07 bits per heavy atom. The lowest BCUT2D eigenvalue weighted by molar-refractivity contribution is 0.0601. The number of carbonyl (C=O) groups is 1. The summed E-state index contributed by atoms with van der Waals surface area (Å²) in [4.78, 5) is 11.8. The van der Waals surface area contributed by atoms with Crippen LogP contribution in [0.2, 0.25) is 0 Å². The van der Waals surface area contributed by atoms with Crippen molar-refractivity contribution in [3.63, 3.8) is 0 Å². The standard InChI is InChI=1S/C26H33FO2/c1-3-4-5-17-6-7-19-15-20(9-8-18(19)14-17)23-12-10-21-16-22(26(28)29-2)11-13-24(21)25(23)27/h10-13,16-20H,3-9,14-15H2,1-2H3/t17?,18-,19+,20?/m0/s1. The number of unbranched alkanes of at least 4 members (excludes halogenated alkanes) is 1. The molecule has 2 aliphatic carbocycles. The van der Waals surface area contributed by atoms with Crippen LogP contribution in [0.1, 0.15) is 86.6 Å². The van der Waals surface area contributed by atoms with Gasteiger partial charge in [-0.2, -0.15) is 0 Å². The molecular weight excluding hydrogens is 363 g/mol. The number of methoxy groups -OCH3 is 1. The molecule has 0 spiro atoms. The van der Waals surface area contributed by atoms with Crippen LogP contribution in [0, 0.1) is 23.6 Å². The first-order chi connectivity index (χ1) is 14.1. The summed E-state index contributed by atoms with van der Waals surface area (Å²) in [6.45, 7) is 2.28. The minimum Gasteiger partial charge on any atom is -0.465 e. The fraction of sp³-hybridized carbons (Fsp3) is 0.577. The first-order valence-corrected chi connectivity index (χ1v) is 11.4. The van der Waals surface area contributed by atoms with Crippen molar-refractivity contribution in [2.75, 3.05) is 7.11 Å². The molecule has 2 saturated carbocycles. The quantitative estimate of drug-likeness (QED) is 0.497. The van der Waals surface area contributed by atoms with Crippen LogP contribution in [-0.2, 0) is 4.74 Å². The second-order valence-electron chi connectivity index (χ2n) is 9.25. The molecule has 0 N–H and O–H groups in total. The molecule has 4 rings (SSSR count). The molecule has 2 aromatic carbocycles. The van der Waals surface area contributed by atoms with Crippen molar-refractivity contribution in [3.8, 4) is 0 Å². The highest BCUT2D eigenvalue weighted by molar-refractivity contribution is 5.95. The molecule has 0 aliphatic heterocycles. The Morgan fingerprint density at radius 3 is 2.66 bits per heavy atom. The lowest BCUT2D eigenvalue weighted by Gasteiger charge is -2.42. The fourth-order valence-electron chi connectivity index (χ4n) is 5.89. The number of hydrogen-bond acceptors (Lipinski definition) is 2. The SMILES string of the molecule is CCCCC1CC[C@@H]2CC(c3ccc4cc(C(=O)OC)ccc4c3F)CC[C@H]2C1. The first kappa shape index (κ1) is 20.4. The molecule has 2 aromatic rings. The van der Waals surface area contributed by atoms with Gasteiger partial charge in [-0.1, -0.05) is 50.8 Å². The third kappa shape index (κ3) is 4.20. The lowest BCUT2D eigenvalue weighted by Crippen LogP contribution is -2.30. The van der Waals surface area contributed by atoms with Crippen molar-refractivity contribution in [3.05, 3.63) is 47.3 Å². The number of esters is 1. The Labute approximate surface area is 173 Å². The Balaban J connectivity index is 1.49. The van der Waals surface area contributed by atoms with Crippen molar-refractivity contribution >= 4 is 16.7 Å². The molecule has 0 heterocycles. The predicted molar refractivity (Wildman–Crippen MR) is 116 cm³/mol. The number of rotatable bonds is 5. The summed E-state index contributed by atoms with van der Waals surface area (Å²) >= 11 is 0. The third-order valence-electron chi connectivity index (χ3n) is 7.53. The van der Waals surface area contributed by atoms with Crippen LogP contribution in [0.5, 0.6) is 0 Å². The van der Waals surface area contributed by atoms with Crippen molar-refractivity contribution in [1.29, 1.82) is 0 Å². The molecule has 29 heavy (non-hydrogen) atoms. The molecule has 2 nitrogen and oxygen atoms in total. The Kier molecular flexibility index (Phi) is 6.22. The molecule has 2 unspecified atom stereocenters. The number of ether oxygens (including phenoxy) is 1. The third-order valence-corrected chi connectivity index (χ3v) is 7.53. The minimum atomic E-state index is -0.385. The summed E-state index contributed by atoms with van der Waals surface area (Å²) in [7, 11) is 1.36. The molecule has 0 amide bonds. The number of halogens is 1. The van der Waals surface area contributed by atoms with Gasteiger partial charge in [-0.15, -0.1) is 0 Å². The van der Waals surface area contributed by atoms with Gasteiger partial charge < -0.3 is 4.74 Å². The summed E-state index contributed by atoms with van der Waals surface area (Å²) < 4.78 is 20.2. The molecule has 4 atom stereocenters. The van der Waals surface area contributed by atoms with E-state index in [-0.39, 0.29) is 11.8 Å². The second-order valence-corrected chi connectivity index (χ2v) is 9.25. The summed E-state index contributed by atoms with van der Waals surface area (Å²) in [5, 5.41) is 1.37. The van der Waals surface area contributed by atoms with Gasteiger partial charge in [0, 0.05) is 5.39 Å². The van der Waals surface area contributed by atoms with Crippen LogP contribution in [0.15, 0.2) is 30.3 Å². The van der Waals surface area contributed by atoms with E-state index in [4.69, 9.17) is 4.74 Å². The van der Waals surface area contributed by atoms with Gasteiger partial charge in [0.2, 0.25) is 0 Å². The van der Waals surface area contributed by atoms with Crippen LogP contribution < -0.4 is 0 Å². The summed E-state index contributed by atoms with van der Waals surface area (Å²) in [5.74, 6) is 2.39. The zero-order chi connectivity index (χ0) is 20.4. The zero-order valence-electron chi connectivity index (χ0n) is 17.8. The molecule has 3 heteroatoms. The lowest BCUT2D eigenvalue weighted by atomic mass is 9.63. The largest absolute Gasteiger partial charge is 0.465 e. The smallest absolute Gasteiger partial charge is 0.337 e. The average Bonchev–Trinajstić information content (AvgIpc) is 2.76. The molecule has 0 aromatic heterocycles. The van der Waals surface area contributed by atoms with E-state index < -0.39 is 0 Å². The first-order valence-electron chi connectivity index (χ1n) is 11.4. The number of hydrogen-bond donors (Lipinski definition) is 0. The van der Waals surface area contributed by atoms with E-state index in [1.165, 1.54) is 52.1 Å². The molecule has 0 bridgehead atoms. The van der Waals surface area contributed by atoms with Gasteiger partial charge in [0.15, 0.2) is 0 Å². The highest BCUT2D eigenvalue weighted by atomic mass is 19.1. The van der Waals surface area contributed by atoms with Crippen LogP contribution in [0.4, 0.5) is 4.39 Å². The summed E-state index contributed by atoms with van der Waals surface area (Å²) in [6.07, 6.45) is 11.6. The van der Waals surface area contributed by atoms with Crippen LogP contribution in [0.3, 0.4) is 0 Å². The molecule has 2 fully saturated rings. The van der Waals surface area contributed by atoms with E-state index in [9.17, 15) is 4.79 Å². The molecule has 156 valence electrons. The van der Waals surface area contributed by atoms with Crippen LogP contribution in [0.25, 0.3) is 10.8 Å². The van der Waals surface area contributed by atoms with Gasteiger partial charge in [-0.05, 0) is 78.9 Å². The predicted octanol–water partition coefficient (Wildman–Crippen LogP) is 7.26. The minimum absolute atomic E-state index is 0.0982. The van der Waals surface area contributed by atoms with E-state index in [1.807, 2.05) is 12.1 Å². The maximum absolute atomic E-state index is 15.4. The monoisotopic (exact) mass is 396 g/mol. The van der Waals surface area contributed by atoms with Crippen LogP contribution >= 0.6 is 0 Å². The molecular formula is C26H33FO2. The second kappa shape index (κ2) is 8.85. The van der Waals surface area contributed by atoms with Gasteiger partial charge in [0.1, 0.15) is 5.82 Å². The van der Waals surface area contributed by atoms with E-state index in [1.54, 1.807) is 18.2 Å². The Bertz CT molecular complexity index is 874. The van der Waals surface area contributed by atoms with E-state index in [0.29, 0.717) is 16.9 Å². The summed E-state index contributed by atoms with van der Waals surface area (Å²) in [5.41, 5.74) is 1.34. The maximum atomic E-state index is 15.4. The normalized spacial score (nSPS) is 26.9. The number of carbonyl (C=O) groups excluding carboxylic acids is 1. The van der Waals surface area contributed by atoms with Crippen LogP contribution in [-0.4, -0.2) is 13.1 Å². The number of fused-ring (bicyclic) bond motifs is 2. The Morgan fingerprint density at radius 2 is 1.86 bits per heavy atom. The van der Waals surface area contributed by atoms with E-state index in [2.05, 4.69) is 6.92 Å².